The summed E-state index contributed by atoms with van der Waals surface area (Å²) in [5.41, 5.74) is 2.49. The number of nitrogens with one attached hydrogen (secondary N) is 1. The quantitative estimate of drug-likeness (QED) is 0.887. The number of hydrogen-bond acceptors (Lipinski definition) is 4. The lowest BCUT2D eigenvalue weighted by molar-refractivity contribution is -0.116. The molecule has 2 atom stereocenters. The van der Waals surface area contributed by atoms with E-state index >= 15 is 0 Å². The van der Waals surface area contributed by atoms with Gasteiger partial charge in [-0.05, 0) is 31.0 Å². The van der Waals surface area contributed by atoms with Crippen LogP contribution in [-0.2, 0) is 14.6 Å². The molecule has 1 fully saturated rings. The Bertz CT molecular complexity index is 950. The van der Waals surface area contributed by atoms with Crippen molar-refractivity contribution in [3.8, 4) is 0 Å². The largest absolute Gasteiger partial charge is 0.311 e. The Balaban J connectivity index is 1.79. The van der Waals surface area contributed by atoms with Gasteiger partial charge in [0.2, 0.25) is 5.91 Å². The second-order valence-electron chi connectivity index (χ2n) is 6.71. The highest BCUT2D eigenvalue weighted by atomic mass is 32.2. The second kappa shape index (κ2) is 5.66. The number of aromatic nitrogens is 2. The van der Waals surface area contributed by atoms with E-state index in [1.807, 2.05) is 6.92 Å². The molecular formula is C17H18FN3O3S. The first-order valence-corrected chi connectivity index (χ1v) is 10.0. The Labute approximate surface area is 145 Å². The van der Waals surface area contributed by atoms with Crippen molar-refractivity contribution < 1.29 is 17.6 Å². The first-order valence-electron chi connectivity index (χ1n) is 8.19. The summed E-state index contributed by atoms with van der Waals surface area (Å²) in [6.45, 7) is 1.85. The molecule has 3 heterocycles. The second-order valence-corrected chi connectivity index (χ2v) is 8.93. The minimum absolute atomic E-state index is 0.0393. The number of sulfone groups is 1. The van der Waals surface area contributed by atoms with Crippen LogP contribution in [0.4, 0.5) is 10.2 Å². The zero-order valence-electron chi connectivity index (χ0n) is 13.7. The van der Waals surface area contributed by atoms with Gasteiger partial charge in [0.25, 0.3) is 0 Å². The van der Waals surface area contributed by atoms with Crippen molar-refractivity contribution in [3.63, 3.8) is 0 Å². The van der Waals surface area contributed by atoms with Gasteiger partial charge < -0.3 is 5.32 Å². The van der Waals surface area contributed by atoms with E-state index in [9.17, 15) is 17.6 Å². The van der Waals surface area contributed by atoms with Crippen LogP contribution >= 0.6 is 0 Å². The number of hydrogen-bond donors (Lipinski definition) is 1. The Morgan fingerprint density at radius 2 is 2.00 bits per heavy atom. The number of nitrogens with zero attached hydrogens (tertiary/aromatic N) is 2. The molecular weight excluding hydrogens is 345 g/mol. The van der Waals surface area contributed by atoms with E-state index in [4.69, 9.17) is 0 Å². The van der Waals surface area contributed by atoms with Crippen LogP contribution < -0.4 is 5.32 Å². The number of carbonyl (C=O) groups is 1. The average Bonchev–Trinajstić information content (AvgIpc) is 3.07. The average molecular weight is 363 g/mol. The maximum Gasteiger partial charge on any atom is 0.226 e. The van der Waals surface area contributed by atoms with Crippen molar-refractivity contribution in [2.24, 2.45) is 0 Å². The van der Waals surface area contributed by atoms with Crippen LogP contribution in [0.1, 0.15) is 41.6 Å². The standard InChI is InChI=1S/C17H18FN3O3S/c1-10-16-14(11-2-4-12(18)5-3-11)8-15(22)19-17(16)21(20-10)13-6-7-25(23,24)9-13/h2-5,13-14H,6-9H2,1H3,(H,19,22)/t13-,14-/m1/s1. The van der Waals surface area contributed by atoms with Crippen molar-refractivity contribution in [1.82, 2.24) is 9.78 Å². The van der Waals surface area contributed by atoms with E-state index in [1.54, 1.807) is 16.8 Å². The summed E-state index contributed by atoms with van der Waals surface area (Å²) in [6, 6.07) is 5.85. The molecule has 2 aromatic rings. The van der Waals surface area contributed by atoms with Crippen LogP contribution in [0.2, 0.25) is 0 Å². The highest BCUT2D eigenvalue weighted by Crippen LogP contribution is 2.41. The van der Waals surface area contributed by atoms with E-state index in [0.29, 0.717) is 12.2 Å². The number of carbonyl (C=O) groups excluding carboxylic acids is 1. The Hall–Kier alpha value is -2.22. The molecule has 0 aliphatic carbocycles. The normalized spacial score (nSPS) is 24.8. The van der Waals surface area contributed by atoms with Crippen LogP contribution in [0.5, 0.6) is 0 Å². The van der Waals surface area contributed by atoms with E-state index in [-0.39, 0.29) is 41.6 Å². The first kappa shape index (κ1) is 16.3. The molecule has 25 heavy (non-hydrogen) atoms. The topological polar surface area (TPSA) is 81.1 Å². The maximum atomic E-state index is 13.2. The van der Waals surface area contributed by atoms with Gasteiger partial charge in [0.15, 0.2) is 9.84 Å². The fraction of sp³-hybridized carbons (Fsp3) is 0.412. The molecule has 0 radical (unpaired) electrons. The Morgan fingerprint density at radius 1 is 1.28 bits per heavy atom. The zero-order chi connectivity index (χ0) is 17.8. The summed E-state index contributed by atoms with van der Waals surface area (Å²) < 4.78 is 38.5. The first-order chi connectivity index (χ1) is 11.8. The lowest BCUT2D eigenvalue weighted by atomic mass is 9.86. The molecule has 1 N–H and O–H groups in total. The number of amides is 1. The monoisotopic (exact) mass is 363 g/mol. The van der Waals surface area contributed by atoms with Crippen LogP contribution in [-0.4, -0.2) is 35.6 Å². The van der Waals surface area contributed by atoms with Gasteiger partial charge >= 0.3 is 0 Å². The predicted molar refractivity (Wildman–Crippen MR) is 90.8 cm³/mol. The molecule has 6 nitrogen and oxygen atoms in total. The van der Waals surface area contributed by atoms with E-state index in [2.05, 4.69) is 10.4 Å². The molecule has 4 rings (SSSR count). The summed E-state index contributed by atoms with van der Waals surface area (Å²) >= 11 is 0. The van der Waals surface area contributed by atoms with Crippen molar-refractivity contribution in [1.29, 1.82) is 0 Å². The summed E-state index contributed by atoms with van der Waals surface area (Å²) in [6.07, 6.45) is 0.751. The van der Waals surface area contributed by atoms with Gasteiger partial charge in [-0.25, -0.2) is 17.5 Å². The molecule has 2 aliphatic rings. The van der Waals surface area contributed by atoms with Crippen LogP contribution in [0.3, 0.4) is 0 Å². The Morgan fingerprint density at radius 3 is 2.64 bits per heavy atom. The SMILES string of the molecule is Cc1nn([C@@H]2CCS(=O)(=O)C2)c2c1[C@@H](c1ccc(F)cc1)CC(=O)N2. The molecule has 1 amide bonds. The summed E-state index contributed by atoms with van der Waals surface area (Å²) in [4.78, 5) is 12.2. The minimum Gasteiger partial charge on any atom is -0.311 e. The number of halogens is 1. The third-order valence-corrected chi connectivity index (χ3v) is 6.70. The number of fused-ring (bicyclic) bond motifs is 1. The lowest BCUT2D eigenvalue weighted by Crippen LogP contribution is -2.26. The van der Waals surface area contributed by atoms with Crippen LogP contribution in [0.15, 0.2) is 24.3 Å². The summed E-state index contributed by atoms with van der Waals surface area (Å²) in [7, 11) is -3.06. The van der Waals surface area contributed by atoms with Crippen molar-refractivity contribution in [2.75, 3.05) is 16.8 Å². The van der Waals surface area contributed by atoms with Crippen molar-refractivity contribution in [2.45, 2.75) is 31.7 Å². The fourth-order valence-electron chi connectivity index (χ4n) is 3.78. The highest BCUT2D eigenvalue weighted by Gasteiger charge is 2.37. The van der Waals surface area contributed by atoms with Crippen molar-refractivity contribution in [3.05, 3.63) is 46.9 Å². The molecule has 0 saturated carbocycles. The van der Waals surface area contributed by atoms with Gasteiger partial charge in [0, 0.05) is 17.9 Å². The van der Waals surface area contributed by atoms with E-state index in [1.165, 1.54) is 12.1 Å². The van der Waals surface area contributed by atoms with Crippen molar-refractivity contribution >= 4 is 21.6 Å². The molecule has 1 aromatic carbocycles. The Kier molecular flexibility index (Phi) is 3.68. The molecule has 0 unspecified atom stereocenters. The van der Waals surface area contributed by atoms with Gasteiger partial charge in [0.1, 0.15) is 11.6 Å². The third kappa shape index (κ3) is 2.84. The minimum atomic E-state index is -3.06. The third-order valence-electron chi connectivity index (χ3n) is 4.95. The van der Waals surface area contributed by atoms with E-state index in [0.717, 1.165) is 16.8 Å². The smallest absolute Gasteiger partial charge is 0.226 e. The maximum absolute atomic E-state index is 13.2. The number of anilines is 1. The number of aryl methyl sites for hydroxylation is 1. The highest BCUT2D eigenvalue weighted by molar-refractivity contribution is 7.91. The molecule has 0 spiro atoms. The molecule has 2 aliphatic heterocycles. The fourth-order valence-corrected chi connectivity index (χ4v) is 5.48. The van der Waals surface area contributed by atoms with Gasteiger partial charge in [-0.2, -0.15) is 5.10 Å². The summed E-state index contributed by atoms with van der Waals surface area (Å²) in [5.74, 6) is 0.0659. The predicted octanol–water partition coefficient (Wildman–Crippen LogP) is 2.16. The lowest BCUT2D eigenvalue weighted by Gasteiger charge is -2.25. The van der Waals surface area contributed by atoms with Crippen LogP contribution in [0.25, 0.3) is 0 Å². The van der Waals surface area contributed by atoms with Gasteiger partial charge in [-0.3, -0.25) is 4.79 Å². The van der Waals surface area contributed by atoms with E-state index < -0.39 is 9.84 Å². The van der Waals surface area contributed by atoms with Gasteiger partial charge in [0.05, 0.1) is 23.2 Å². The summed E-state index contributed by atoms with van der Waals surface area (Å²) in [5, 5.41) is 7.39. The number of rotatable bonds is 2. The molecule has 1 aromatic heterocycles. The molecule has 1 saturated heterocycles. The van der Waals surface area contributed by atoms with Crippen LogP contribution in [0, 0.1) is 12.7 Å². The van der Waals surface area contributed by atoms with Gasteiger partial charge in [-0.15, -0.1) is 0 Å². The molecule has 132 valence electrons. The molecule has 0 bridgehead atoms. The zero-order valence-corrected chi connectivity index (χ0v) is 14.5. The molecule has 8 heteroatoms. The number of benzene rings is 1. The van der Waals surface area contributed by atoms with Gasteiger partial charge in [-0.1, -0.05) is 12.1 Å².